The van der Waals surface area contributed by atoms with Gasteiger partial charge in [0.1, 0.15) is 0 Å². The summed E-state index contributed by atoms with van der Waals surface area (Å²) in [5.41, 5.74) is 3.41. The molecule has 1 fully saturated rings. The fraction of sp³-hybridized carbons (Fsp3) is 0.316. The molecular weight excluding hydrogens is 290 g/mol. The minimum atomic E-state index is -0.131. The average Bonchev–Trinajstić information content (AvgIpc) is 2.63. The van der Waals surface area contributed by atoms with Crippen molar-refractivity contribution >= 4 is 11.6 Å². The predicted octanol–water partition coefficient (Wildman–Crippen LogP) is 3.33. The number of rotatable bonds is 4. The fourth-order valence-corrected chi connectivity index (χ4v) is 2.81. The van der Waals surface area contributed by atoms with E-state index in [2.05, 4.69) is 5.32 Å². The highest BCUT2D eigenvalue weighted by atomic mass is 16.5. The summed E-state index contributed by atoms with van der Waals surface area (Å²) in [5, 5.41) is 11.9. The van der Waals surface area contributed by atoms with Crippen LogP contribution in [0, 0.1) is 0 Å². The van der Waals surface area contributed by atoms with Gasteiger partial charge in [-0.3, -0.25) is 4.79 Å². The Labute approximate surface area is 136 Å². The lowest BCUT2D eigenvalue weighted by Crippen LogP contribution is -2.16. The van der Waals surface area contributed by atoms with E-state index in [1.54, 1.807) is 24.3 Å². The second-order valence-electron chi connectivity index (χ2n) is 5.85. The third-order valence-corrected chi connectivity index (χ3v) is 4.20. The van der Waals surface area contributed by atoms with Gasteiger partial charge in [0.15, 0.2) is 0 Å². The molecule has 2 N–H and O–H groups in total. The van der Waals surface area contributed by atoms with E-state index in [1.807, 2.05) is 24.3 Å². The highest BCUT2D eigenvalue weighted by Crippen LogP contribution is 2.25. The Morgan fingerprint density at radius 3 is 2.48 bits per heavy atom. The molecule has 0 aromatic heterocycles. The van der Waals surface area contributed by atoms with Crippen LogP contribution in [0.25, 0.3) is 0 Å². The number of nitrogens with one attached hydrogen (secondary N) is 1. The number of ether oxygens (including phenoxy) is 1. The number of carbonyl (C=O) groups is 1. The molecule has 1 unspecified atom stereocenters. The number of aliphatic hydroxyl groups excluding tert-OH is 1. The van der Waals surface area contributed by atoms with Crippen molar-refractivity contribution in [1.29, 1.82) is 0 Å². The molecule has 0 radical (unpaired) electrons. The predicted molar refractivity (Wildman–Crippen MR) is 89.6 cm³/mol. The molecule has 3 rings (SSSR count). The quantitative estimate of drug-likeness (QED) is 0.910. The van der Waals surface area contributed by atoms with Crippen molar-refractivity contribution in [1.82, 2.24) is 0 Å². The summed E-state index contributed by atoms with van der Waals surface area (Å²) >= 11 is 0. The summed E-state index contributed by atoms with van der Waals surface area (Å²) in [4.78, 5) is 12.3. The van der Waals surface area contributed by atoms with Crippen LogP contribution in [0.5, 0.6) is 0 Å². The Hall–Kier alpha value is -2.17. The Kier molecular flexibility index (Phi) is 5.05. The average molecular weight is 311 g/mol. The van der Waals surface area contributed by atoms with Crippen LogP contribution >= 0.6 is 0 Å². The van der Waals surface area contributed by atoms with Crippen LogP contribution in [0.4, 0.5) is 5.69 Å². The van der Waals surface area contributed by atoms with Gasteiger partial charge in [0.2, 0.25) is 0 Å². The van der Waals surface area contributed by atoms with Crippen molar-refractivity contribution in [2.75, 3.05) is 18.5 Å². The van der Waals surface area contributed by atoms with E-state index < -0.39 is 0 Å². The minimum Gasteiger partial charge on any atom is -0.392 e. The molecule has 4 heteroatoms. The van der Waals surface area contributed by atoms with E-state index in [9.17, 15) is 4.79 Å². The SMILES string of the molecule is O=C(Nc1ccc(CO)cc1)c1ccc(C2CCCOC2)cc1. The molecule has 2 aromatic rings. The summed E-state index contributed by atoms with van der Waals surface area (Å²) in [6.07, 6.45) is 2.24. The number of hydrogen-bond acceptors (Lipinski definition) is 3. The number of hydrogen-bond donors (Lipinski definition) is 2. The van der Waals surface area contributed by atoms with Crippen molar-refractivity contribution in [3.63, 3.8) is 0 Å². The summed E-state index contributed by atoms with van der Waals surface area (Å²) in [6, 6.07) is 14.9. The molecule has 4 nitrogen and oxygen atoms in total. The van der Waals surface area contributed by atoms with Gasteiger partial charge in [0, 0.05) is 23.8 Å². The molecule has 1 heterocycles. The zero-order valence-corrected chi connectivity index (χ0v) is 13.0. The van der Waals surface area contributed by atoms with Gasteiger partial charge in [0.05, 0.1) is 13.2 Å². The molecule has 1 saturated heterocycles. The number of aliphatic hydroxyl groups is 1. The zero-order valence-electron chi connectivity index (χ0n) is 13.0. The van der Waals surface area contributed by atoms with Crippen LogP contribution in [0.3, 0.4) is 0 Å². The normalized spacial score (nSPS) is 17.7. The van der Waals surface area contributed by atoms with E-state index in [0.29, 0.717) is 11.5 Å². The second-order valence-corrected chi connectivity index (χ2v) is 5.85. The Bertz CT molecular complexity index is 643. The zero-order chi connectivity index (χ0) is 16.1. The smallest absolute Gasteiger partial charge is 0.255 e. The first-order valence-corrected chi connectivity index (χ1v) is 7.95. The summed E-state index contributed by atoms with van der Waals surface area (Å²) < 4.78 is 5.51. The molecule has 1 atom stereocenters. The maximum atomic E-state index is 12.3. The maximum absolute atomic E-state index is 12.3. The molecule has 0 aliphatic carbocycles. The van der Waals surface area contributed by atoms with E-state index in [0.717, 1.165) is 37.3 Å². The lowest BCUT2D eigenvalue weighted by Gasteiger charge is -2.22. The van der Waals surface area contributed by atoms with Crippen molar-refractivity contribution in [2.45, 2.75) is 25.4 Å². The van der Waals surface area contributed by atoms with Crippen LogP contribution in [0.15, 0.2) is 48.5 Å². The first-order chi connectivity index (χ1) is 11.3. The lowest BCUT2D eigenvalue weighted by molar-refractivity contribution is 0.0804. The van der Waals surface area contributed by atoms with E-state index in [4.69, 9.17) is 9.84 Å². The molecule has 0 spiro atoms. The Morgan fingerprint density at radius 2 is 1.87 bits per heavy atom. The highest BCUT2D eigenvalue weighted by Gasteiger charge is 2.16. The van der Waals surface area contributed by atoms with Gasteiger partial charge < -0.3 is 15.2 Å². The third kappa shape index (κ3) is 3.97. The van der Waals surface area contributed by atoms with Gasteiger partial charge in [-0.15, -0.1) is 0 Å². The lowest BCUT2D eigenvalue weighted by atomic mass is 9.93. The molecule has 0 bridgehead atoms. The number of anilines is 1. The van der Waals surface area contributed by atoms with Crippen LogP contribution in [-0.4, -0.2) is 24.2 Å². The van der Waals surface area contributed by atoms with E-state index >= 15 is 0 Å². The van der Waals surface area contributed by atoms with Gasteiger partial charge in [-0.05, 0) is 48.2 Å². The van der Waals surface area contributed by atoms with Gasteiger partial charge in [-0.2, -0.15) is 0 Å². The fourth-order valence-electron chi connectivity index (χ4n) is 2.81. The van der Waals surface area contributed by atoms with Gasteiger partial charge in [0.25, 0.3) is 5.91 Å². The number of amides is 1. The van der Waals surface area contributed by atoms with E-state index in [-0.39, 0.29) is 12.5 Å². The monoisotopic (exact) mass is 311 g/mol. The van der Waals surface area contributed by atoms with Gasteiger partial charge >= 0.3 is 0 Å². The molecule has 0 saturated carbocycles. The summed E-state index contributed by atoms with van der Waals surface area (Å²) in [5.74, 6) is 0.306. The van der Waals surface area contributed by atoms with Crippen molar-refractivity contribution < 1.29 is 14.6 Å². The Balaban J connectivity index is 1.64. The second kappa shape index (κ2) is 7.40. The topological polar surface area (TPSA) is 58.6 Å². The molecule has 1 amide bonds. The first-order valence-electron chi connectivity index (χ1n) is 7.95. The third-order valence-electron chi connectivity index (χ3n) is 4.20. The molecule has 23 heavy (non-hydrogen) atoms. The first kappa shape index (κ1) is 15.7. The van der Waals surface area contributed by atoms with Crippen LogP contribution in [0.1, 0.15) is 40.2 Å². The van der Waals surface area contributed by atoms with Crippen LogP contribution in [-0.2, 0) is 11.3 Å². The van der Waals surface area contributed by atoms with E-state index in [1.165, 1.54) is 5.56 Å². The largest absolute Gasteiger partial charge is 0.392 e. The maximum Gasteiger partial charge on any atom is 0.255 e. The molecule has 1 aliphatic heterocycles. The van der Waals surface area contributed by atoms with Crippen molar-refractivity contribution in [3.8, 4) is 0 Å². The van der Waals surface area contributed by atoms with Crippen LogP contribution in [0.2, 0.25) is 0 Å². The number of carbonyl (C=O) groups excluding carboxylic acids is 1. The van der Waals surface area contributed by atoms with Gasteiger partial charge in [-0.25, -0.2) is 0 Å². The molecular formula is C19H21NO3. The summed E-state index contributed by atoms with van der Waals surface area (Å²) in [7, 11) is 0. The molecule has 120 valence electrons. The number of benzene rings is 2. The van der Waals surface area contributed by atoms with Gasteiger partial charge in [-0.1, -0.05) is 24.3 Å². The minimum absolute atomic E-state index is 0.000565. The van der Waals surface area contributed by atoms with Crippen molar-refractivity contribution in [2.24, 2.45) is 0 Å². The highest BCUT2D eigenvalue weighted by molar-refractivity contribution is 6.04. The van der Waals surface area contributed by atoms with Crippen LogP contribution < -0.4 is 5.32 Å². The molecule has 1 aliphatic rings. The standard InChI is InChI=1S/C19H21NO3/c21-12-14-3-9-18(10-4-14)20-19(22)16-7-5-15(6-8-16)17-2-1-11-23-13-17/h3-10,17,21H,1-2,11-13H2,(H,20,22). The van der Waals surface area contributed by atoms with Crippen molar-refractivity contribution in [3.05, 3.63) is 65.2 Å². The Morgan fingerprint density at radius 1 is 1.13 bits per heavy atom. The molecule has 2 aromatic carbocycles. The summed E-state index contributed by atoms with van der Waals surface area (Å²) in [6.45, 7) is 1.62.